The molecule has 1 rings (SSSR count). The Bertz CT molecular complexity index is 351. The highest BCUT2D eigenvalue weighted by atomic mass is 16.5. The number of esters is 1. The molecule has 1 aromatic carbocycles. The number of methoxy groups -OCH3 is 1. The molecule has 5 nitrogen and oxygen atoms in total. The number of anilines is 1. The predicted molar refractivity (Wildman–Crippen MR) is 68.4 cm³/mol. The summed E-state index contributed by atoms with van der Waals surface area (Å²) in [6, 6.07) is 6.63. The van der Waals surface area contributed by atoms with Gasteiger partial charge in [-0.1, -0.05) is 0 Å². The Labute approximate surface area is 107 Å². The van der Waals surface area contributed by atoms with Crippen molar-refractivity contribution < 1.29 is 19.0 Å². The van der Waals surface area contributed by atoms with E-state index in [-0.39, 0.29) is 5.97 Å². The van der Waals surface area contributed by atoms with E-state index in [1.165, 1.54) is 0 Å². The van der Waals surface area contributed by atoms with Gasteiger partial charge in [0.05, 0.1) is 25.4 Å². The third-order valence-electron chi connectivity index (χ3n) is 2.24. The van der Waals surface area contributed by atoms with E-state index < -0.39 is 0 Å². The van der Waals surface area contributed by atoms with Gasteiger partial charge in [0, 0.05) is 25.8 Å². The maximum atomic E-state index is 11.6. The van der Waals surface area contributed by atoms with E-state index in [0.717, 1.165) is 0 Å². The van der Waals surface area contributed by atoms with Gasteiger partial charge in [-0.25, -0.2) is 4.79 Å². The number of benzene rings is 1. The summed E-state index contributed by atoms with van der Waals surface area (Å²) in [6.07, 6.45) is 0.671. The van der Waals surface area contributed by atoms with Crippen molar-refractivity contribution in [2.24, 2.45) is 0 Å². The van der Waals surface area contributed by atoms with Gasteiger partial charge < -0.3 is 19.9 Å². The molecule has 0 saturated heterocycles. The van der Waals surface area contributed by atoms with Crippen LogP contribution in [0.2, 0.25) is 0 Å². The first-order valence-corrected chi connectivity index (χ1v) is 5.83. The van der Waals surface area contributed by atoms with Gasteiger partial charge in [-0.05, 0) is 24.3 Å². The number of nitrogens with two attached hydrogens (primary N) is 1. The van der Waals surface area contributed by atoms with Crippen LogP contribution in [0.25, 0.3) is 0 Å². The van der Waals surface area contributed by atoms with E-state index in [4.69, 9.17) is 19.9 Å². The van der Waals surface area contributed by atoms with Crippen LogP contribution in [0.1, 0.15) is 16.8 Å². The fourth-order valence-corrected chi connectivity index (χ4v) is 1.27. The molecular weight excluding hydrogens is 234 g/mol. The molecular formula is C13H19NO4. The van der Waals surface area contributed by atoms with Crippen LogP contribution in [0.5, 0.6) is 0 Å². The minimum atomic E-state index is -0.341. The lowest BCUT2D eigenvalue weighted by Gasteiger charge is -2.06. The van der Waals surface area contributed by atoms with Crippen molar-refractivity contribution in [1.29, 1.82) is 0 Å². The fourth-order valence-electron chi connectivity index (χ4n) is 1.27. The van der Waals surface area contributed by atoms with Crippen molar-refractivity contribution >= 4 is 11.7 Å². The van der Waals surface area contributed by atoms with Crippen LogP contribution < -0.4 is 5.73 Å². The molecule has 100 valence electrons. The second kappa shape index (κ2) is 8.49. The average Bonchev–Trinajstić information content (AvgIpc) is 2.38. The summed E-state index contributed by atoms with van der Waals surface area (Å²) >= 11 is 0. The second-order valence-corrected chi connectivity index (χ2v) is 3.72. The maximum absolute atomic E-state index is 11.6. The average molecular weight is 253 g/mol. The van der Waals surface area contributed by atoms with E-state index in [9.17, 15) is 4.79 Å². The van der Waals surface area contributed by atoms with Gasteiger partial charge >= 0.3 is 5.97 Å². The summed E-state index contributed by atoms with van der Waals surface area (Å²) < 4.78 is 15.2. The Kier molecular flexibility index (Phi) is 6.83. The standard InChI is InChI=1S/C13H19NO4/c1-16-9-10-17-7-2-8-18-13(15)11-3-5-12(14)6-4-11/h3-6H,2,7-10,14H2,1H3. The van der Waals surface area contributed by atoms with Gasteiger partial charge in [-0.3, -0.25) is 0 Å². The SMILES string of the molecule is COCCOCCCOC(=O)c1ccc(N)cc1. The van der Waals surface area contributed by atoms with E-state index in [0.29, 0.717) is 44.1 Å². The molecule has 0 aliphatic rings. The van der Waals surface area contributed by atoms with Crippen LogP contribution in [0, 0.1) is 0 Å². The highest BCUT2D eigenvalue weighted by Crippen LogP contribution is 2.06. The number of ether oxygens (including phenoxy) is 3. The molecule has 0 heterocycles. The molecule has 0 saturated carbocycles. The molecule has 0 spiro atoms. The molecule has 0 bridgehead atoms. The summed E-state index contributed by atoms with van der Waals surface area (Å²) in [5, 5.41) is 0. The summed E-state index contributed by atoms with van der Waals surface area (Å²) in [7, 11) is 1.62. The summed E-state index contributed by atoms with van der Waals surface area (Å²) in [6.45, 7) is 2.03. The minimum absolute atomic E-state index is 0.341. The van der Waals surface area contributed by atoms with Crippen molar-refractivity contribution in [3.63, 3.8) is 0 Å². The molecule has 0 atom stereocenters. The molecule has 0 unspecified atom stereocenters. The van der Waals surface area contributed by atoms with Crippen LogP contribution in [0.4, 0.5) is 5.69 Å². The zero-order valence-corrected chi connectivity index (χ0v) is 10.6. The Morgan fingerprint density at radius 3 is 2.50 bits per heavy atom. The first kappa shape index (κ1) is 14.5. The van der Waals surface area contributed by atoms with Gasteiger partial charge in [0.25, 0.3) is 0 Å². The van der Waals surface area contributed by atoms with Crippen molar-refractivity contribution in [2.45, 2.75) is 6.42 Å². The van der Waals surface area contributed by atoms with Gasteiger partial charge in [0.2, 0.25) is 0 Å². The highest BCUT2D eigenvalue weighted by Gasteiger charge is 2.05. The minimum Gasteiger partial charge on any atom is -0.462 e. The molecule has 0 radical (unpaired) electrons. The molecule has 0 aliphatic carbocycles. The topological polar surface area (TPSA) is 70.8 Å². The van der Waals surface area contributed by atoms with Crippen molar-refractivity contribution in [2.75, 3.05) is 39.3 Å². The van der Waals surface area contributed by atoms with Crippen LogP contribution >= 0.6 is 0 Å². The first-order valence-electron chi connectivity index (χ1n) is 5.83. The lowest BCUT2D eigenvalue weighted by Crippen LogP contribution is -2.09. The number of nitrogen functional groups attached to an aromatic ring is 1. The fraction of sp³-hybridized carbons (Fsp3) is 0.462. The Morgan fingerprint density at radius 2 is 1.83 bits per heavy atom. The molecule has 0 aliphatic heterocycles. The van der Waals surface area contributed by atoms with Gasteiger partial charge in [0.15, 0.2) is 0 Å². The van der Waals surface area contributed by atoms with Gasteiger partial charge in [-0.15, -0.1) is 0 Å². The van der Waals surface area contributed by atoms with Crippen LogP contribution in [-0.2, 0) is 14.2 Å². The van der Waals surface area contributed by atoms with E-state index in [1.54, 1.807) is 31.4 Å². The third-order valence-corrected chi connectivity index (χ3v) is 2.24. The van der Waals surface area contributed by atoms with Crippen molar-refractivity contribution in [1.82, 2.24) is 0 Å². The maximum Gasteiger partial charge on any atom is 0.338 e. The monoisotopic (exact) mass is 253 g/mol. The van der Waals surface area contributed by atoms with Gasteiger partial charge in [0.1, 0.15) is 0 Å². The first-order chi connectivity index (χ1) is 8.74. The third kappa shape index (κ3) is 5.65. The van der Waals surface area contributed by atoms with Crippen LogP contribution in [0.15, 0.2) is 24.3 Å². The molecule has 0 aromatic heterocycles. The molecule has 0 fully saturated rings. The summed E-state index contributed by atoms with van der Waals surface area (Å²) in [5.74, 6) is -0.341. The highest BCUT2D eigenvalue weighted by molar-refractivity contribution is 5.89. The summed E-state index contributed by atoms with van der Waals surface area (Å²) in [5.41, 5.74) is 6.65. The lowest BCUT2D eigenvalue weighted by molar-refractivity contribution is 0.0385. The van der Waals surface area contributed by atoms with Crippen molar-refractivity contribution in [3.8, 4) is 0 Å². The zero-order valence-electron chi connectivity index (χ0n) is 10.6. The quantitative estimate of drug-likeness (QED) is 0.431. The van der Waals surface area contributed by atoms with Gasteiger partial charge in [-0.2, -0.15) is 0 Å². The number of carbonyl (C=O) groups is 1. The molecule has 5 heteroatoms. The Morgan fingerprint density at radius 1 is 1.11 bits per heavy atom. The summed E-state index contributed by atoms with van der Waals surface area (Å²) in [4.78, 5) is 11.6. The normalized spacial score (nSPS) is 10.3. The number of hydrogen-bond acceptors (Lipinski definition) is 5. The Balaban J connectivity index is 2.12. The predicted octanol–water partition coefficient (Wildman–Crippen LogP) is 1.48. The molecule has 2 N–H and O–H groups in total. The van der Waals surface area contributed by atoms with E-state index >= 15 is 0 Å². The molecule has 18 heavy (non-hydrogen) atoms. The molecule has 1 aromatic rings. The number of hydrogen-bond donors (Lipinski definition) is 1. The van der Waals surface area contributed by atoms with Crippen LogP contribution in [0.3, 0.4) is 0 Å². The molecule has 0 amide bonds. The largest absolute Gasteiger partial charge is 0.462 e. The lowest BCUT2D eigenvalue weighted by atomic mass is 10.2. The van der Waals surface area contributed by atoms with Crippen LogP contribution in [-0.4, -0.2) is 39.5 Å². The van der Waals surface area contributed by atoms with E-state index in [2.05, 4.69) is 0 Å². The zero-order chi connectivity index (χ0) is 13.2. The second-order valence-electron chi connectivity index (χ2n) is 3.72. The van der Waals surface area contributed by atoms with E-state index in [1.807, 2.05) is 0 Å². The Hall–Kier alpha value is -1.59. The number of carbonyl (C=O) groups excluding carboxylic acids is 1. The smallest absolute Gasteiger partial charge is 0.338 e. The number of rotatable bonds is 8. The van der Waals surface area contributed by atoms with Crippen molar-refractivity contribution in [3.05, 3.63) is 29.8 Å².